The summed E-state index contributed by atoms with van der Waals surface area (Å²) in [6, 6.07) is 58.7. The lowest BCUT2D eigenvalue weighted by molar-refractivity contribution is 1.07. The van der Waals surface area contributed by atoms with E-state index in [1.54, 1.807) is 0 Å². The van der Waals surface area contributed by atoms with E-state index in [0.717, 1.165) is 49.8 Å². The second kappa shape index (κ2) is 11.7. The number of pyridine rings is 1. The second-order valence-corrected chi connectivity index (χ2v) is 11.9. The van der Waals surface area contributed by atoms with Gasteiger partial charge in [0.1, 0.15) is 0 Å². The van der Waals surface area contributed by atoms with Crippen molar-refractivity contribution in [1.29, 1.82) is 0 Å². The number of nitrogens with zero attached hydrogens (tertiary/aromatic N) is 4. The van der Waals surface area contributed by atoms with E-state index in [1.807, 2.05) is 36.4 Å². The number of hydrogen-bond acceptors (Lipinski definition) is 4. The zero-order valence-corrected chi connectivity index (χ0v) is 26.0. The molecule has 0 bridgehead atoms. The quantitative estimate of drug-likeness (QED) is 0.143. The lowest BCUT2D eigenvalue weighted by atomic mass is 9.97. The van der Waals surface area contributed by atoms with E-state index in [4.69, 9.17) is 19.9 Å². The van der Waals surface area contributed by atoms with Crippen LogP contribution in [0, 0.1) is 0 Å². The van der Waals surface area contributed by atoms with Gasteiger partial charge in [0.15, 0.2) is 17.5 Å². The average molecular weight is 613 g/mol. The van der Waals surface area contributed by atoms with Crippen molar-refractivity contribution in [3.8, 4) is 56.5 Å². The maximum atomic E-state index is 5.27. The van der Waals surface area contributed by atoms with Gasteiger partial charge in [0, 0.05) is 33.0 Å². The van der Waals surface area contributed by atoms with Crippen LogP contribution in [-0.2, 0) is 0 Å². The van der Waals surface area contributed by atoms with Gasteiger partial charge in [-0.3, -0.25) is 0 Å². The van der Waals surface area contributed by atoms with Gasteiger partial charge in [-0.05, 0) is 45.5 Å². The van der Waals surface area contributed by atoms with Crippen LogP contribution in [0.15, 0.2) is 170 Å². The van der Waals surface area contributed by atoms with Crippen molar-refractivity contribution in [2.24, 2.45) is 0 Å². The molecule has 2 aromatic heterocycles. The summed E-state index contributed by atoms with van der Waals surface area (Å²) in [6.45, 7) is 0. The summed E-state index contributed by atoms with van der Waals surface area (Å²) in [5, 5.41) is 5.83. The third-order valence-electron chi connectivity index (χ3n) is 8.88. The van der Waals surface area contributed by atoms with Gasteiger partial charge >= 0.3 is 0 Å². The molecule has 7 aromatic carbocycles. The number of fused-ring (bicyclic) bond motifs is 4. The van der Waals surface area contributed by atoms with Crippen molar-refractivity contribution < 1.29 is 0 Å². The van der Waals surface area contributed by atoms with Crippen molar-refractivity contribution in [1.82, 2.24) is 19.9 Å². The third-order valence-corrected chi connectivity index (χ3v) is 8.88. The molecule has 9 aromatic rings. The van der Waals surface area contributed by atoms with E-state index in [9.17, 15) is 0 Å². The molecule has 0 unspecified atom stereocenters. The van der Waals surface area contributed by atoms with Crippen LogP contribution in [0.5, 0.6) is 0 Å². The SMILES string of the molecule is c1ccc(-c2ccc(-c3nc(-c4ccccc4)nc(-c4cccc(-c5nc6cc7ccccc7cc6c6ccccc56)c4)n3)cc2)cc1. The van der Waals surface area contributed by atoms with Crippen LogP contribution in [0.4, 0.5) is 0 Å². The van der Waals surface area contributed by atoms with Crippen LogP contribution in [0.3, 0.4) is 0 Å². The van der Waals surface area contributed by atoms with Crippen molar-refractivity contribution >= 4 is 32.4 Å². The Hall–Kier alpha value is -6.52. The Kier molecular flexibility index (Phi) is 6.76. The van der Waals surface area contributed by atoms with Crippen LogP contribution in [-0.4, -0.2) is 19.9 Å². The van der Waals surface area contributed by atoms with Gasteiger partial charge < -0.3 is 0 Å². The van der Waals surface area contributed by atoms with Crippen LogP contribution in [0.1, 0.15) is 0 Å². The summed E-state index contributed by atoms with van der Waals surface area (Å²) in [4.78, 5) is 20.3. The summed E-state index contributed by atoms with van der Waals surface area (Å²) in [5.41, 5.74) is 8.01. The average Bonchev–Trinajstić information content (AvgIpc) is 3.17. The molecule has 9 rings (SSSR count). The number of aromatic nitrogens is 4. The first-order valence-corrected chi connectivity index (χ1v) is 16.1. The lowest BCUT2D eigenvalue weighted by Gasteiger charge is -2.13. The normalized spacial score (nSPS) is 11.3. The minimum absolute atomic E-state index is 0.615. The summed E-state index contributed by atoms with van der Waals surface area (Å²) in [6.07, 6.45) is 0. The fourth-order valence-electron chi connectivity index (χ4n) is 6.46. The molecule has 0 aliphatic heterocycles. The molecule has 0 fully saturated rings. The molecule has 2 heterocycles. The molecule has 0 spiro atoms. The van der Waals surface area contributed by atoms with Crippen molar-refractivity contribution in [2.75, 3.05) is 0 Å². The predicted octanol–water partition coefficient (Wildman–Crippen LogP) is 11.1. The van der Waals surface area contributed by atoms with E-state index in [2.05, 4.69) is 133 Å². The lowest BCUT2D eigenvalue weighted by Crippen LogP contribution is -2.00. The first-order chi connectivity index (χ1) is 23.8. The highest BCUT2D eigenvalue weighted by Gasteiger charge is 2.16. The Labute approximate surface area is 278 Å². The molecule has 0 aliphatic rings. The van der Waals surface area contributed by atoms with Crippen molar-refractivity contribution in [3.63, 3.8) is 0 Å². The van der Waals surface area contributed by atoms with Crippen LogP contribution in [0.25, 0.3) is 89.0 Å². The van der Waals surface area contributed by atoms with Gasteiger partial charge in [-0.25, -0.2) is 19.9 Å². The Morgan fingerprint density at radius 1 is 0.271 bits per heavy atom. The highest BCUT2D eigenvalue weighted by molar-refractivity contribution is 6.14. The van der Waals surface area contributed by atoms with Gasteiger partial charge in [0.05, 0.1) is 11.2 Å². The zero-order chi connectivity index (χ0) is 31.9. The highest BCUT2D eigenvalue weighted by atomic mass is 15.0. The molecule has 4 heteroatoms. The molecule has 224 valence electrons. The summed E-state index contributed by atoms with van der Waals surface area (Å²) in [7, 11) is 0. The molecular weight excluding hydrogens is 585 g/mol. The molecule has 0 atom stereocenters. The molecule has 0 radical (unpaired) electrons. The monoisotopic (exact) mass is 612 g/mol. The Morgan fingerprint density at radius 3 is 1.46 bits per heavy atom. The van der Waals surface area contributed by atoms with E-state index in [0.29, 0.717) is 17.5 Å². The van der Waals surface area contributed by atoms with Gasteiger partial charge in [-0.15, -0.1) is 0 Å². The minimum Gasteiger partial charge on any atom is -0.247 e. The van der Waals surface area contributed by atoms with Gasteiger partial charge in [-0.1, -0.05) is 152 Å². The van der Waals surface area contributed by atoms with Crippen LogP contribution >= 0.6 is 0 Å². The predicted molar refractivity (Wildman–Crippen MR) is 197 cm³/mol. The fraction of sp³-hybridized carbons (Fsp3) is 0. The largest absolute Gasteiger partial charge is 0.247 e. The fourth-order valence-corrected chi connectivity index (χ4v) is 6.46. The summed E-state index contributed by atoms with van der Waals surface area (Å²) in [5.74, 6) is 1.88. The molecular formula is C44H28N4. The molecule has 0 N–H and O–H groups in total. The molecule has 0 saturated heterocycles. The smallest absolute Gasteiger partial charge is 0.164 e. The first kappa shape index (κ1) is 27.8. The Bertz CT molecular complexity index is 2600. The number of rotatable bonds is 5. The molecule has 48 heavy (non-hydrogen) atoms. The van der Waals surface area contributed by atoms with Crippen LogP contribution < -0.4 is 0 Å². The van der Waals surface area contributed by atoms with Gasteiger partial charge in [0.25, 0.3) is 0 Å². The van der Waals surface area contributed by atoms with E-state index < -0.39 is 0 Å². The summed E-state index contributed by atoms with van der Waals surface area (Å²) >= 11 is 0. The molecule has 0 saturated carbocycles. The van der Waals surface area contributed by atoms with Crippen molar-refractivity contribution in [3.05, 3.63) is 170 Å². The Balaban J connectivity index is 1.19. The standard InChI is InChI=1S/C44H28N4/c1-3-12-29(13-4-1)30-22-24-32(25-23-30)43-46-42(31-14-5-2-6-15-31)47-44(48-43)36-19-11-18-35(26-36)41-38-21-10-9-20-37(38)39-27-33-16-7-8-17-34(33)28-40(39)45-41/h1-28H. The molecule has 0 amide bonds. The maximum Gasteiger partial charge on any atom is 0.164 e. The topological polar surface area (TPSA) is 51.6 Å². The number of benzene rings is 7. The molecule has 4 nitrogen and oxygen atoms in total. The highest BCUT2D eigenvalue weighted by Crippen LogP contribution is 2.36. The minimum atomic E-state index is 0.615. The third kappa shape index (κ3) is 5.06. The maximum absolute atomic E-state index is 5.27. The zero-order valence-electron chi connectivity index (χ0n) is 26.0. The van der Waals surface area contributed by atoms with Gasteiger partial charge in [-0.2, -0.15) is 0 Å². The van der Waals surface area contributed by atoms with E-state index >= 15 is 0 Å². The summed E-state index contributed by atoms with van der Waals surface area (Å²) < 4.78 is 0. The van der Waals surface area contributed by atoms with Gasteiger partial charge in [0.2, 0.25) is 0 Å². The van der Waals surface area contributed by atoms with E-state index in [1.165, 1.54) is 21.7 Å². The molecule has 0 aliphatic carbocycles. The van der Waals surface area contributed by atoms with E-state index in [-0.39, 0.29) is 0 Å². The van der Waals surface area contributed by atoms with Crippen LogP contribution in [0.2, 0.25) is 0 Å². The number of hydrogen-bond donors (Lipinski definition) is 0. The van der Waals surface area contributed by atoms with Crippen molar-refractivity contribution in [2.45, 2.75) is 0 Å². The Morgan fingerprint density at radius 2 is 0.750 bits per heavy atom. The second-order valence-electron chi connectivity index (χ2n) is 11.9. The first-order valence-electron chi connectivity index (χ1n) is 16.1.